The van der Waals surface area contributed by atoms with Gasteiger partial charge in [-0.05, 0) is 39.5 Å². The summed E-state index contributed by atoms with van der Waals surface area (Å²) in [6, 6.07) is 0. The second-order valence-electron chi connectivity index (χ2n) is 5.52. The fraction of sp³-hybridized carbons (Fsp3) is 0.500. The van der Waals surface area contributed by atoms with Crippen LogP contribution in [0.1, 0.15) is 40.5 Å². The van der Waals surface area contributed by atoms with Gasteiger partial charge in [0.1, 0.15) is 0 Å². The average molecular weight is 214 g/mol. The van der Waals surface area contributed by atoms with Gasteiger partial charge < -0.3 is 0 Å². The molecule has 0 aromatic heterocycles. The third kappa shape index (κ3) is 2.55. The van der Waals surface area contributed by atoms with Crippen LogP contribution in [0.15, 0.2) is 46.6 Å². The molecule has 86 valence electrons. The first-order chi connectivity index (χ1) is 7.54. The van der Waals surface area contributed by atoms with Gasteiger partial charge in [0.15, 0.2) is 0 Å². The van der Waals surface area contributed by atoms with E-state index in [-0.39, 0.29) is 0 Å². The van der Waals surface area contributed by atoms with Gasteiger partial charge in [0.2, 0.25) is 0 Å². The van der Waals surface area contributed by atoms with Gasteiger partial charge in [-0.1, -0.05) is 53.5 Å². The van der Waals surface area contributed by atoms with Crippen molar-refractivity contribution in [2.45, 2.75) is 40.5 Å². The average Bonchev–Trinajstić information content (AvgIpc) is 2.14. The van der Waals surface area contributed by atoms with Gasteiger partial charge in [-0.3, -0.25) is 0 Å². The molecule has 0 bridgehead atoms. The van der Waals surface area contributed by atoms with E-state index in [1.807, 2.05) is 0 Å². The number of rotatable bonds is 1. The number of hydrogen-bond donors (Lipinski definition) is 0. The van der Waals surface area contributed by atoms with Crippen LogP contribution in [-0.2, 0) is 0 Å². The minimum Gasteiger partial charge on any atom is -0.0784 e. The van der Waals surface area contributed by atoms with Crippen molar-refractivity contribution >= 4 is 0 Å². The van der Waals surface area contributed by atoms with E-state index in [4.69, 9.17) is 0 Å². The Balaban J connectivity index is 2.21. The third-order valence-electron chi connectivity index (χ3n) is 3.47. The van der Waals surface area contributed by atoms with Crippen LogP contribution in [0.25, 0.3) is 0 Å². The lowest BCUT2D eigenvalue weighted by Gasteiger charge is -2.26. The van der Waals surface area contributed by atoms with Crippen LogP contribution in [0, 0.1) is 11.8 Å². The molecule has 0 radical (unpaired) electrons. The number of hydrogen-bond acceptors (Lipinski definition) is 0. The maximum atomic E-state index is 2.43. The molecule has 0 aliphatic heterocycles. The van der Waals surface area contributed by atoms with Gasteiger partial charge in [-0.15, -0.1) is 0 Å². The molecule has 16 heavy (non-hydrogen) atoms. The van der Waals surface area contributed by atoms with E-state index < -0.39 is 0 Å². The fourth-order valence-electron chi connectivity index (χ4n) is 2.99. The van der Waals surface area contributed by atoms with Gasteiger partial charge in [0.25, 0.3) is 0 Å². The summed E-state index contributed by atoms with van der Waals surface area (Å²) in [7, 11) is 0. The second-order valence-corrected chi connectivity index (χ2v) is 5.52. The lowest BCUT2D eigenvalue weighted by Crippen LogP contribution is -2.11. The second kappa shape index (κ2) is 4.45. The molecule has 0 nitrogen and oxygen atoms in total. The summed E-state index contributed by atoms with van der Waals surface area (Å²) in [5.41, 5.74) is 6.01. The van der Waals surface area contributed by atoms with E-state index in [2.05, 4.69) is 52.0 Å². The molecular formula is C16H22. The zero-order valence-electron chi connectivity index (χ0n) is 10.9. The molecule has 0 aromatic carbocycles. The largest absolute Gasteiger partial charge is 0.0784 e. The van der Waals surface area contributed by atoms with Gasteiger partial charge in [-0.25, -0.2) is 0 Å². The summed E-state index contributed by atoms with van der Waals surface area (Å²) < 4.78 is 0. The Morgan fingerprint density at radius 3 is 2.25 bits per heavy atom. The summed E-state index contributed by atoms with van der Waals surface area (Å²) >= 11 is 0. The molecule has 0 amide bonds. The molecule has 0 heteroatoms. The van der Waals surface area contributed by atoms with Crippen LogP contribution >= 0.6 is 0 Å². The Bertz CT molecular complexity index is 402. The summed E-state index contributed by atoms with van der Waals surface area (Å²) in [5, 5.41) is 0. The lowest BCUT2D eigenvalue weighted by atomic mass is 9.79. The zero-order valence-corrected chi connectivity index (χ0v) is 10.9. The van der Waals surface area contributed by atoms with E-state index >= 15 is 0 Å². The molecule has 0 spiro atoms. The Hall–Kier alpha value is -1.04. The highest BCUT2D eigenvalue weighted by Crippen LogP contribution is 2.34. The molecule has 0 saturated heterocycles. The molecule has 2 atom stereocenters. The Morgan fingerprint density at radius 2 is 1.62 bits per heavy atom. The van der Waals surface area contributed by atoms with Gasteiger partial charge in [0, 0.05) is 5.92 Å². The van der Waals surface area contributed by atoms with Gasteiger partial charge in [-0.2, -0.15) is 0 Å². The van der Waals surface area contributed by atoms with Crippen LogP contribution < -0.4 is 0 Å². The highest BCUT2D eigenvalue weighted by Gasteiger charge is 2.19. The minimum atomic E-state index is 0.649. The predicted octanol–water partition coefficient (Wildman–Crippen LogP) is 4.81. The normalized spacial score (nSPS) is 30.2. The highest BCUT2D eigenvalue weighted by atomic mass is 14.2. The van der Waals surface area contributed by atoms with Crippen LogP contribution in [-0.4, -0.2) is 0 Å². The van der Waals surface area contributed by atoms with Gasteiger partial charge in [0.05, 0.1) is 0 Å². The van der Waals surface area contributed by atoms with Crippen LogP contribution in [0.2, 0.25) is 0 Å². The smallest absolute Gasteiger partial charge is 0.00231 e. The topological polar surface area (TPSA) is 0 Å². The van der Waals surface area contributed by atoms with Crippen molar-refractivity contribution in [3.8, 4) is 0 Å². The molecule has 0 aromatic rings. The Labute approximate surface area is 99.4 Å². The summed E-state index contributed by atoms with van der Waals surface area (Å²) in [4.78, 5) is 0. The predicted molar refractivity (Wildman–Crippen MR) is 71.2 cm³/mol. The van der Waals surface area contributed by atoms with Crippen molar-refractivity contribution in [3.63, 3.8) is 0 Å². The standard InChI is InChI=1S/C16H22/c1-11-5-12(2)8-15(7-11)16-9-13(3)6-14(4)10-16/h5-7,9,12,16H,8,10H2,1-4H3/t12-,16?/m0/s1. The first kappa shape index (κ1) is 11.4. The van der Waals surface area contributed by atoms with Crippen LogP contribution in [0.5, 0.6) is 0 Å². The van der Waals surface area contributed by atoms with E-state index in [1.165, 1.54) is 29.6 Å². The Morgan fingerprint density at radius 1 is 0.938 bits per heavy atom. The highest BCUT2D eigenvalue weighted by molar-refractivity contribution is 5.36. The van der Waals surface area contributed by atoms with E-state index in [9.17, 15) is 0 Å². The molecule has 0 fully saturated rings. The van der Waals surface area contributed by atoms with E-state index in [0.29, 0.717) is 11.8 Å². The molecule has 2 aliphatic rings. The maximum absolute atomic E-state index is 2.43. The Kier molecular flexibility index (Phi) is 3.18. The van der Waals surface area contributed by atoms with Crippen LogP contribution in [0.4, 0.5) is 0 Å². The fourth-order valence-corrected chi connectivity index (χ4v) is 2.99. The summed E-state index contributed by atoms with van der Waals surface area (Å²) in [5.74, 6) is 1.36. The SMILES string of the molecule is CC1=CC(C2=CC(C)=C[C@H](C)C2)CC(C)=C1. The lowest BCUT2D eigenvalue weighted by molar-refractivity contribution is 0.610. The van der Waals surface area contributed by atoms with Crippen molar-refractivity contribution < 1.29 is 0 Å². The zero-order chi connectivity index (χ0) is 11.7. The van der Waals surface area contributed by atoms with Crippen molar-refractivity contribution in [2.24, 2.45) is 11.8 Å². The van der Waals surface area contributed by atoms with Crippen molar-refractivity contribution in [2.75, 3.05) is 0 Å². The monoisotopic (exact) mass is 214 g/mol. The number of allylic oxidation sites excluding steroid dienone is 8. The van der Waals surface area contributed by atoms with Gasteiger partial charge >= 0.3 is 0 Å². The molecular weight excluding hydrogens is 192 g/mol. The van der Waals surface area contributed by atoms with Crippen molar-refractivity contribution in [3.05, 3.63) is 46.6 Å². The van der Waals surface area contributed by atoms with Crippen LogP contribution in [0.3, 0.4) is 0 Å². The molecule has 1 unspecified atom stereocenters. The molecule has 2 aliphatic carbocycles. The van der Waals surface area contributed by atoms with Crippen molar-refractivity contribution in [1.29, 1.82) is 0 Å². The molecule has 0 heterocycles. The quantitative estimate of drug-likeness (QED) is 0.587. The first-order valence-electron chi connectivity index (χ1n) is 6.29. The third-order valence-corrected chi connectivity index (χ3v) is 3.47. The maximum Gasteiger partial charge on any atom is 0.00231 e. The summed E-state index contributed by atoms with van der Waals surface area (Å²) in [6.45, 7) is 9.00. The van der Waals surface area contributed by atoms with E-state index in [0.717, 1.165) is 0 Å². The van der Waals surface area contributed by atoms with E-state index in [1.54, 1.807) is 5.57 Å². The first-order valence-corrected chi connectivity index (χ1v) is 6.29. The van der Waals surface area contributed by atoms with Crippen molar-refractivity contribution in [1.82, 2.24) is 0 Å². The molecule has 0 saturated carbocycles. The minimum absolute atomic E-state index is 0.649. The summed E-state index contributed by atoms with van der Waals surface area (Å²) in [6.07, 6.45) is 12.0. The molecule has 2 rings (SSSR count). The molecule has 0 N–H and O–H groups in total.